The number of carbonyl (C=O) groups excluding carboxylic acids is 1. The van der Waals surface area contributed by atoms with Crippen molar-refractivity contribution in [1.82, 2.24) is 0 Å². The smallest absolute Gasteiger partial charge is 0.340 e. The number of hydrogen-bond acceptors (Lipinski definition) is 4. The summed E-state index contributed by atoms with van der Waals surface area (Å²) in [7, 11) is 0. The van der Waals surface area contributed by atoms with Crippen molar-refractivity contribution < 1.29 is 19.4 Å². The summed E-state index contributed by atoms with van der Waals surface area (Å²) in [6, 6.07) is 6.01. The van der Waals surface area contributed by atoms with E-state index in [4.69, 9.17) is 9.47 Å². The van der Waals surface area contributed by atoms with Crippen molar-refractivity contribution in [2.45, 2.75) is 65.1 Å². The molecule has 0 bridgehead atoms. The fourth-order valence-electron chi connectivity index (χ4n) is 2.12. The van der Waals surface area contributed by atoms with Crippen LogP contribution in [0, 0.1) is 0 Å². The molecule has 4 nitrogen and oxygen atoms in total. The van der Waals surface area contributed by atoms with Crippen LogP contribution in [0.4, 0.5) is 0 Å². The third kappa shape index (κ3) is 7.46. The predicted octanol–water partition coefficient (Wildman–Crippen LogP) is 4.66. The van der Waals surface area contributed by atoms with Crippen LogP contribution in [0.2, 0.25) is 0 Å². The highest BCUT2D eigenvalue weighted by Gasteiger charge is 2.14. The molecule has 0 aromatic heterocycles. The molecule has 1 rings (SSSR count). The molecule has 0 aliphatic carbocycles. The molecule has 0 aliphatic heterocycles. The van der Waals surface area contributed by atoms with Gasteiger partial charge in [-0.05, 0) is 30.7 Å². The molecule has 0 spiro atoms. The lowest BCUT2D eigenvalue weighted by atomic mass is 10.1. The van der Waals surface area contributed by atoms with Crippen molar-refractivity contribution in [3.63, 3.8) is 0 Å². The molecule has 0 amide bonds. The lowest BCUT2D eigenvalue weighted by molar-refractivity contribution is -0.111. The van der Waals surface area contributed by atoms with Crippen molar-refractivity contribution in [3.8, 4) is 5.75 Å². The summed E-state index contributed by atoms with van der Waals surface area (Å²) >= 11 is 0. The van der Waals surface area contributed by atoms with Gasteiger partial charge in [0.05, 0.1) is 12.2 Å². The van der Waals surface area contributed by atoms with Gasteiger partial charge in [0, 0.05) is 6.42 Å². The zero-order chi connectivity index (χ0) is 16.2. The first-order valence-corrected chi connectivity index (χ1v) is 8.29. The van der Waals surface area contributed by atoms with Gasteiger partial charge in [-0.1, -0.05) is 46.0 Å². The van der Waals surface area contributed by atoms with Crippen LogP contribution < -0.4 is 0 Å². The van der Waals surface area contributed by atoms with Crippen LogP contribution in [0.5, 0.6) is 5.75 Å². The van der Waals surface area contributed by atoms with Gasteiger partial charge in [-0.25, -0.2) is 4.79 Å². The van der Waals surface area contributed by atoms with Crippen molar-refractivity contribution in [1.29, 1.82) is 0 Å². The van der Waals surface area contributed by atoms with Gasteiger partial charge in [-0.2, -0.15) is 0 Å². The van der Waals surface area contributed by atoms with E-state index in [-0.39, 0.29) is 5.75 Å². The first-order valence-electron chi connectivity index (χ1n) is 8.29. The molecule has 0 aliphatic rings. The molecule has 22 heavy (non-hydrogen) atoms. The van der Waals surface area contributed by atoms with E-state index in [1.807, 2.05) is 6.92 Å². The van der Waals surface area contributed by atoms with E-state index < -0.39 is 12.3 Å². The molecule has 1 aromatic carbocycles. The van der Waals surface area contributed by atoms with Crippen LogP contribution in [0.3, 0.4) is 0 Å². The minimum absolute atomic E-state index is 0.128. The maximum absolute atomic E-state index is 11.9. The number of phenolic OH excluding ortho intramolecular Hbond substituents is 1. The number of benzene rings is 1. The largest absolute Gasteiger partial charge is 0.508 e. The Hall–Kier alpha value is -1.55. The molecule has 0 saturated heterocycles. The molecule has 1 atom stereocenters. The maximum Gasteiger partial charge on any atom is 0.340 e. The van der Waals surface area contributed by atoms with E-state index in [0.717, 1.165) is 12.8 Å². The molecule has 4 heteroatoms. The summed E-state index contributed by atoms with van der Waals surface area (Å²) in [5.74, 6) is -0.294. The van der Waals surface area contributed by atoms with Crippen molar-refractivity contribution in [3.05, 3.63) is 29.8 Å². The second-order valence-electron chi connectivity index (χ2n) is 5.43. The number of esters is 1. The number of phenols is 1. The molecule has 0 radical (unpaired) electrons. The van der Waals surface area contributed by atoms with E-state index in [2.05, 4.69) is 6.92 Å². The molecular formula is C18H28O4. The van der Waals surface area contributed by atoms with E-state index in [9.17, 15) is 9.90 Å². The van der Waals surface area contributed by atoms with Gasteiger partial charge in [-0.15, -0.1) is 0 Å². The molecule has 0 heterocycles. The molecule has 0 saturated carbocycles. The van der Waals surface area contributed by atoms with Crippen LogP contribution in [-0.2, 0) is 9.47 Å². The molecule has 0 fully saturated rings. The Morgan fingerprint density at radius 2 is 1.68 bits per heavy atom. The average molecular weight is 308 g/mol. The highest BCUT2D eigenvalue weighted by Crippen LogP contribution is 2.13. The monoisotopic (exact) mass is 308 g/mol. The Bertz CT molecular complexity index is 414. The summed E-state index contributed by atoms with van der Waals surface area (Å²) in [6.45, 7) is 4.75. The quantitative estimate of drug-likeness (QED) is 0.367. The van der Waals surface area contributed by atoms with Crippen molar-refractivity contribution in [2.24, 2.45) is 0 Å². The standard InChI is InChI=1S/C18H28O4/c1-3-5-6-7-8-9-14-21-17(4-2)22-18(20)15-10-12-16(19)13-11-15/h10-13,17,19H,3-9,14H2,1-2H3. The van der Waals surface area contributed by atoms with Crippen LogP contribution in [0.1, 0.15) is 69.2 Å². The number of carbonyl (C=O) groups is 1. The van der Waals surface area contributed by atoms with E-state index in [1.165, 1.54) is 49.9 Å². The second-order valence-corrected chi connectivity index (χ2v) is 5.43. The lowest BCUT2D eigenvalue weighted by Crippen LogP contribution is -2.21. The first kappa shape index (κ1) is 18.5. The summed E-state index contributed by atoms with van der Waals surface area (Å²) in [5.41, 5.74) is 0.416. The molecule has 124 valence electrons. The minimum Gasteiger partial charge on any atom is -0.508 e. The van der Waals surface area contributed by atoms with Gasteiger partial charge in [-0.3, -0.25) is 0 Å². The van der Waals surface area contributed by atoms with E-state index >= 15 is 0 Å². The Labute approximate surface area is 133 Å². The molecule has 1 N–H and O–H groups in total. The number of ether oxygens (including phenoxy) is 2. The van der Waals surface area contributed by atoms with Gasteiger partial charge >= 0.3 is 5.97 Å². The number of hydrogen-bond donors (Lipinski definition) is 1. The summed E-state index contributed by atoms with van der Waals surface area (Å²) in [5, 5.41) is 9.21. The lowest BCUT2D eigenvalue weighted by Gasteiger charge is -2.17. The fraction of sp³-hybridized carbons (Fsp3) is 0.611. The summed E-state index contributed by atoms with van der Waals surface area (Å²) in [6.07, 6.45) is 7.34. The Kier molecular flexibility index (Phi) is 9.31. The van der Waals surface area contributed by atoms with Crippen LogP contribution in [0.25, 0.3) is 0 Å². The number of unbranched alkanes of at least 4 members (excludes halogenated alkanes) is 5. The second kappa shape index (κ2) is 11.1. The Balaban J connectivity index is 2.23. The van der Waals surface area contributed by atoms with Gasteiger partial charge in [0.1, 0.15) is 5.75 Å². The zero-order valence-electron chi connectivity index (χ0n) is 13.7. The third-order valence-electron chi connectivity index (χ3n) is 3.48. The maximum atomic E-state index is 11.9. The molecule has 1 unspecified atom stereocenters. The van der Waals surface area contributed by atoms with Crippen LogP contribution in [-0.4, -0.2) is 24.0 Å². The minimum atomic E-state index is -0.503. The van der Waals surface area contributed by atoms with E-state index in [0.29, 0.717) is 18.6 Å². The van der Waals surface area contributed by atoms with Gasteiger partial charge in [0.25, 0.3) is 0 Å². The van der Waals surface area contributed by atoms with Gasteiger partial charge in [0.2, 0.25) is 6.29 Å². The summed E-state index contributed by atoms with van der Waals surface area (Å²) < 4.78 is 10.9. The van der Waals surface area contributed by atoms with E-state index in [1.54, 1.807) is 0 Å². The number of aromatic hydroxyl groups is 1. The highest BCUT2D eigenvalue weighted by molar-refractivity contribution is 5.89. The highest BCUT2D eigenvalue weighted by atomic mass is 16.7. The first-order chi connectivity index (χ1) is 10.7. The van der Waals surface area contributed by atoms with Crippen molar-refractivity contribution >= 4 is 5.97 Å². The number of rotatable bonds is 11. The average Bonchev–Trinajstić information content (AvgIpc) is 2.53. The van der Waals surface area contributed by atoms with Crippen molar-refractivity contribution in [2.75, 3.05) is 6.61 Å². The third-order valence-corrected chi connectivity index (χ3v) is 3.48. The van der Waals surface area contributed by atoms with Crippen LogP contribution in [0.15, 0.2) is 24.3 Å². The molecule has 1 aromatic rings. The topological polar surface area (TPSA) is 55.8 Å². The van der Waals surface area contributed by atoms with Crippen LogP contribution >= 0.6 is 0 Å². The normalized spacial score (nSPS) is 12.1. The van der Waals surface area contributed by atoms with Gasteiger partial charge < -0.3 is 14.6 Å². The fourth-order valence-corrected chi connectivity index (χ4v) is 2.12. The summed E-state index contributed by atoms with van der Waals surface area (Å²) in [4.78, 5) is 11.9. The zero-order valence-corrected chi connectivity index (χ0v) is 13.7. The SMILES string of the molecule is CCCCCCCCOC(CC)OC(=O)c1ccc(O)cc1. The molecular weight excluding hydrogens is 280 g/mol. The predicted molar refractivity (Wildman–Crippen MR) is 86.9 cm³/mol. The van der Waals surface area contributed by atoms with Gasteiger partial charge in [0.15, 0.2) is 0 Å². The Morgan fingerprint density at radius 1 is 1.05 bits per heavy atom. The Morgan fingerprint density at radius 3 is 2.32 bits per heavy atom.